The molecule has 7 aliphatic rings. The van der Waals surface area contributed by atoms with E-state index in [0.717, 1.165) is 64.0 Å². The molecule has 13 rings (SSSR count). The molecule has 29 nitrogen and oxygen atoms in total. The van der Waals surface area contributed by atoms with Crippen molar-refractivity contribution in [3.63, 3.8) is 0 Å². The Hall–Kier alpha value is -9.53. The highest BCUT2D eigenvalue weighted by Crippen LogP contribution is 2.96. The van der Waals surface area contributed by atoms with E-state index in [1.54, 1.807) is 31.5 Å². The number of carbonyl (C=O) groups is 8. The van der Waals surface area contributed by atoms with Crippen molar-refractivity contribution >= 4 is 91.8 Å². The first-order valence-corrected chi connectivity index (χ1v) is 36.6. The number of hydrogen-bond acceptors (Lipinski definition) is 22. The van der Waals surface area contributed by atoms with Gasteiger partial charge in [-0.05, 0) is 140 Å². The first-order chi connectivity index (χ1) is 50.8. The monoisotopic (exact) mass is 1480 g/mol. The molecule has 6 amide bonds. The van der Waals surface area contributed by atoms with Crippen molar-refractivity contribution in [2.75, 3.05) is 88.4 Å². The van der Waals surface area contributed by atoms with E-state index in [-0.39, 0.29) is 120 Å². The smallest absolute Gasteiger partial charge is 0.409 e. The Morgan fingerprint density at radius 3 is 2.34 bits per heavy atom. The van der Waals surface area contributed by atoms with E-state index >= 15 is 0 Å². The molecular weight excluding hydrogens is 1390 g/mol. The summed E-state index contributed by atoms with van der Waals surface area (Å²) in [6, 6.07) is 21.6. The first kappa shape index (κ1) is 74.7. The highest BCUT2D eigenvalue weighted by molar-refractivity contribution is 7.22. The third kappa shape index (κ3) is 14.8. The zero-order valence-corrected chi connectivity index (χ0v) is 60.3. The van der Waals surface area contributed by atoms with Gasteiger partial charge in [0.2, 0.25) is 18.1 Å². The largest absolute Gasteiger partial charge is 0.479 e. The van der Waals surface area contributed by atoms with E-state index in [1.807, 2.05) is 66.4 Å². The number of anilines is 3. The predicted molar refractivity (Wildman–Crippen MR) is 385 cm³/mol. The van der Waals surface area contributed by atoms with E-state index in [9.17, 15) is 63.9 Å². The van der Waals surface area contributed by atoms with Gasteiger partial charge in [0.25, 0.3) is 17.7 Å². The number of aromatic nitrogens is 4. The van der Waals surface area contributed by atoms with Gasteiger partial charge >= 0.3 is 18.0 Å². The lowest BCUT2D eigenvalue weighted by Crippen LogP contribution is -2.81. The van der Waals surface area contributed by atoms with E-state index < -0.39 is 54.6 Å². The van der Waals surface area contributed by atoms with Crippen LogP contribution < -0.4 is 25.6 Å². The normalized spacial score (nSPS) is 26.0. The molecule has 4 saturated carbocycles. The summed E-state index contributed by atoms with van der Waals surface area (Å²) >= 11 is 1.42. The van der Waals surface area contributed by atoms with Gasteiger partial charge in [-0.2, -0.15) is 5.10 Å². The lowest BCUT2D eigenvalue weighted by molar-refractivity contribution is -0.388. The number of pyridine rings is 1. The number of ether oxygens (including phenoxy) is 6. The maximum atomic E-state index is 13.8. The molecule has 562 valence electrons. The Balaban J connectivity index is 0.546. The number of aromatic carboxylic acids is 1. The number of nitrogens with zero attached hydrogens (tertiary/aromatic N) is 7. The molecule has 6 aromatic rings. The van der Waals surface area contributed by atoms with E-state index in [4.69, 9.17) is 38.5 Å². The molecule has 106 heavy (non-hydrogen) atoms. The summed E-state index contributed by atoms with van der Waals surface area (Å²) in [5.74, 6) is -4.25. The van der Waals surface area contributed by atoms with Gasteiger partial charge in [-0.1, -0.05) is 68.0 Å². The number of fused-ring (bicyclic) bond motifs is 3. The van der Waals surface area contributed by atoms with Crippen molar-refractivity contribution in [1.82, 2.24) is 34.9 Å². The van der Waals surface area contributed by atoms with Crippen LogP contribution in [-0.2, 0) is 67.2 Å². The van der Waals surface area contributed by atoms with Crippen LogP contribution in [0.15, 0.2) is 97.2 Å². The number of aliphatic carboxylic acids is 1. The fraction of sp³-hybridized carbons (Fsp3) is 0.487. The van der Waals surface area contributed by atoms with E-state index in [2.05, 4.69) is 39.5 Å². The lowest BCUT2D eigenvalue weighted by atomic mass is 9.24. The summed E-state index contributed by atoms with van der Waals surface area (Å²) in [5, 5.41) is 65.4. The van der Waals surface area contributed by atoms with Gasteiger partial charge in [-0.15, -0.1) is 0 Å². The van der Waals surface area contributed by atoms with E-state index in [0.29, 0.717) is 98.3 Å². The molecule has 1 spiro atoms. The first-order valence-electron chi connectivity index (χ1n) is 35.8. The molecule has 8 N–H and O–H groups in total. The van der Waals surface area contributed by atoms with Crippen LogP contribution in [0.1, 0.15) is 121 Å². The van der Waals surface area contributed by atoms with E-state index in [1.165, 1.54) is 40.5 Å². The van der Waals surface area contributed by atoms with Crippen LogP contribution in [0, 0.1) is 28.6 Å². The van der Waals surface area contributed by atoms with Crippen LogP contribution in [0.3, 0.4) is 0 Å². The molecular formula is C76H88N10O19S. The Kier molecular flexibility index (Phi) is 21.7. The number of aliphatic hydroxyl groups is 3. The van der Waals surface area contributed by atoms with Gasteiger partial charge in [0.15, 0.2) is 16.9 Å². The van der Waals surface area contributed by atoms with Crippen molar-refractivity contribution in [1.29, 1.82) is 0 Å². The Morgan fingerprint density at radius 2 is 1.57 bits per heavy atom. The molecule has 3 aromatic carbocycles. The number of rotatable bonds is 33. The Bertz CT molecular complexity index is 4420. The number of hydrogen-bond donors (Lipinski definition) is 8. The number of carbonyl (C=O) groups excluding carboxylic acids is 6. The number of likely N-dealkylation sites (N-methyl/N-ethyl adjacent to an activating group) is 1. The average Bonchev–Trinajstić information content (AvgIpc) is 1.40. The second kappa shape index (κ2) is 30.7. The molecule has 5 fully saturated rings. The molecule has 1 saturated heterocycles. The van der Waals surface area contributed by atoms with Crippen molar-refractivity contribution in [3.05, 3.63) is 131 Å². The van der Waals surface area contributed by atoms with Gasteiger partial charge < -0.3 is 74.4 Å². The van der Waals surface area contributed by atoms with Gasteiger partial charge in [0, 0.05) is 99.1 Å². The topological polar surface area (TPSA) is 382 Å². The summed E-state index contributed by atoms with van der Waals surface area (Å²) < 4.78 is 38.4. The fourth-order valence-electron chi connectivity index (χ4n) is 18.1. The highest BCUT2D eigenvalue weighted by Gasteiger charge is 2.93. The van der Waals surface area contributed by atoms with Gasteiger partial charge in [0.1, 0.15) is 36.5 Å². The van der Waals surface area contributed by atoms with Crippen molar-refractivity contribution < 1.29 is 92.3 Å². The number of thiazole rings is 1. The minimum atomic E-state index is -1.97. The SMILES string of the molecule is Cc1c(-c2ccc(N3CCc4cccc(C(=O)Nc5nc6ccccc6s5)c4C3)nc2C(=O)O)cnn1CC12CC3(C)CC4(C)CC(OCCOCCOCCN(C)C(=O)OC/C=C/c5ccc(O[C@@H]6O[C@H](C(=O)O)[C@@H](O)[C@H](O)[C@@H]6O)c(NC(=O)CCNC(=O)CCCCCN6C(=O)C=CC6=O)c5)(C1)C34C2. The van der Waals surface area contributed by atoms with Crippen molar-refractivity contribution in [2.24, 2.45) is 21.7 Å². The number of unbranched alkanes of at least 4 members (excludes halogenated alkanes) is 2. The maximum absolute atomic E-state index is 13.8. The maximum Gasteiger partial charge on any atom is 0.409 e. The van der Waals surface area contributed by atoms with Gasteiger partial charge in [-0.25, -0.2) is 24.4 Å². The Morgan fingerprint density at radius 1 is 0.792 bits per heavy atom. The van der Waals surface area contributed by atoms with Crippen LogP contribution >= 0.6 is 11.3 Å². The molecule has 10 atom stereocenters. The summed E-state index contributed by atoms with van der Waals surface area (Å²) in [7, 11) is 1.57. The van der Waals surface area contributed by atoms with Crippen LogP contribution in [0.5, 0.6) is 5.75 Å². The molecule has 5 unspecified atom stereocenters. The number of amides is 6. The number of para-hydroxylation sites is 1. The fourth-order valence-corrected chi connectivity index (χ4v) is 18.9. The van der Waals surface area contributed by atoms with Crippen molar-refractivity contribution in [2.45, 2.75) is 141 Å². The van der Waals surface area contributed by atoms with Gasteiger partial charge in [-0.3, -0.25) is 38.9 Å². The molecule has 2 bridgehead atoms. The minimum absolute atomic E-state index is 0.0246. The molecule has 30 heteroatoms. The summed E-state index contributed by atoms with van der Waals surface area (Å²) in [6.45, 7) is 10.3. The summed E-state index contributed by atoms with van der Waals surface area (Å²) in [6.07, 6.45) is 4.41. The predicted octanol–water partition coefficient (Wildman–Crippen LogP) is 7.14. The second-order valence-electron chi connectivity index (χ2n) is 29.3. The Labute approximate surface area is 614 Å². The highest BCUT2D eigenvalue weighted by atomic mass is 32.1. The molecule has 0 radical (unpaired) electrons. The molecule has 6 heterocycles. The van der Waals surface area contributed by atoms with Crippen LogP contribution in [0.2, 0.25) is 0 Å². The molecule has 4 aliphatic carbocycles. The standard InChI is InChI=1S/C76H88N10O19S/c1-45-50(48-19-21-56(81-61(48)67(95)96)84-28-25-47-13-10-14-49(51(47)38-84)66(94)82-70-80-52-15-7-8-16-55(52)106-70)37-78-86(45)44-74-40-72(2)39-73(3)41-75(42-74,76(72,73)43-74)103-35-34-101-33-32-100-31-29-83(4)71(99)102-30-11-12-46-18-20-54(104-69-64(93)62(91)63(92)65(105-69)68(97)98)53(36-46)79-58(88)24-26-77-57(87)17-6-5-9-27-85-59(89)22-23-60(85)90/h7-8,10-16,18-23,36-37,62-65,69,91-93H,5-6,9,17,24-35,38-44H2,1-4H3,(H,77,87)(H,79,88)(H,95,96)(H,97,98)(H,80,82,94)/b12-11+/t62-,63-,64-,65-,69+,72?,73?,74?,75?,76?/m0/s1. The van der Waals surface area contributed by atoms with Crippen LogP contribution in [0.25, 0.3) is 27.4 Å². The lowest BCUT2D eigenvalue weighted by Gasteiger charge is -2.82. The zero-order valence-electron chi connectivity index (χ0n) is 59.5. The van der Waals surface area contributed by atoms with Crippen LogP contribution in [-0.4, -0.2) is 212 Å². The number of nitrogens with one attached hydrogen (secondary N) is 3. The molecule has 3 aromatic heterocycles. The third-order valence-corrected chi connectivity index (χ3v) is 23.3. The number of carboxylic acid groups (broad SMARTS) is 2. The number of aliphatic hydroxyl groups excluding tert-OH is 3. The van der Waals surface area contributed by atoms with Crippen LogP contribution in [0.4, 0.5) is 21.4 Å². The number of carboxylic acids is 2. The minimum Gasteiger partial charge on any atom is -0.479 e. The number of imide groups is 1. The average molecular weight is 1480 g/mol. The zero-order chi connectivity index (χ0) is 74.9. The third-order valence-electron chi connectivity index (χ3n) is 22.3. The van der Waals surface area contributed by atoms with Crippen molar-refractivity contribution in [3.8, 4) is 16.9 Å². The van der Waals surface area contributed by atoms with Gasteiger partial charge in [0.05, 0.1) is 60.7 Å². The number of benzene rings is 3. The summed E-state index contributed by atoms with van der Waals surface area (Å²) in [5.41, 5.74) is 5.68. The second-order valence-corrected chi connectivity index (χ2v) is 30.4. The summed E-state index contributed by atoms with van der Waals surface area (Å²) in [4.78, 5) is 115. The molecule has 3 aliphatic heterocycles. The quantitative estimate of drug-likeness (QED) is 0.0150.